The van der Waals surface area contributed by atoms with E-state index in [1.54, 1.807) is 0 Å². The second kappa shape index (κ2) is 4.68. The fraction of sp³-hybridized carbons (Fsp3) is 0. The number of benzene rings is 4. The smallest absolute Gasteiger partial charge is 0.227 e. The summed E-state index contributed by atoms with van der Waals surface area (Å²) in [7, 11) is 0. The number of nitrogens with zero attached hydrogens (tertiary/aromatic N) is 1. The molecule has 0 N–H and O–H groups in total. The van der Waals surface area contributed by atoms with Crippen molar-refractivity contribution in [2.24, 2.45) is 0 Å². The summed E-state index contributed by atoms with van der Waals surface area (Å²) in [6, 6.07) is 27.0. The highest BCUT2D eigenvalue weighted by molar-refractivity contribution is 6.08. The number of para-hydroxylation sites is 2. The molecule has 2 nitrogen and oxygen atoms in total. The van der Waals surface area contributed by atoms with E-state index in [0.717, 1.165) is 16.7 Å². The topological polar surface area (TPSA) is 26.0 Å². The van der Waals surface area contributed by atoms with Gasteiger partial charge in [-0.05, 0) is 45.8 Å². The fourth-order valence-corrected chi connectivity index (χ4v) is 3.14. The normalized spacial score (nSPS) is 11.5. The van der Waals surface area contributed by atoms with E-state index in [-0.39, 0.29) is 0 Å². The maximum atomic E-state index is 5.88. The van der Waals surface area contributed by atoms with E-state index in [2.05, 4.69) is 59.6 Å². The van der Waals surface area contributed by atoms with Gasteiger partial charge in [0.15, 0.2) is 5.58 Å². The number of oxazole rings is 1. The highest BCUT2D eigenvalue weighted by atomic mass is 16.3. The van der Waals surface area contributed by atoms with Crippen LogP contribution in [0.15, 0.2) is 83.3 Å². The number of rotatable bonds is 1. The molecular formula is C21H13NO. The van der Waals surface area contributed by atoms with Crippen LogP contribution in [0.25, 0.3) is 44.1 Å². The number of aromatic nitrogens is 1. The molecule has 0 bridgehead atoms. The van der Waals surface area contributed by atoms with Crippen molar-refractivity contribution in [3.63, 3.8) is 0 Å². The predicted molar refractivity (Wildman–Crippen MR) is 94.5 cm³/mol. The zero-order valence-corrected chi connectivity index (χ0v) is 12.4. The highest BCUT2D eigenvalue weighted by Crippen LogP contribution is 2.30. The van der Waals surface area contributed by atoms with Gasteiger partial charge in [-0.2, -0.15) is 0 Å². The molecule has 0 saturated carbocycles. The Morgan fingerprint density at radius 3 is 2.39 bits per heavy atom. The molecule has 5 aromatic rings. The van der Waals surface area contributed by atoms with Crippen LogP contribution in [0.2, 0.25) is 0 Å². The van der Waals surface area contributed by atoms with E-state index >= 15 is 0 Å². The largest absolute Gasteiger partial charge is 0.436 e. The van der Waals surface area contributed by atoms with E-state index in [9.17, 15) is 0 Å². The fourth-order valence-electron chi connectivity index (χ4n) is 3.14. The highest BCUT2D eigenvalue weighted by Gasteiger charge is 2.09. The summed E-state index contributed by atoms with van der Waals surface area (Å²) in [4.78, 5) is 4.59. The SMILES string of the molecule is c1ccc2c(c1)ccc1cc(-c3nc4ccccc4o3)ccc12. The van der Waals surface area contributed by atoms with Crippen LogP contribution >= 0.6 is 0 Å². The van der Waals surface area contributed by atoms with Crippen molar-refractivity contribution < 1.29 is 4.42 Å². The van der Waals surface area contributed by atoms with Crippen LogP contribution in [-0.4, -0.2) is 4.98 Å². The first-order valence-electron chi connectivity index (χ1n) is 7.66. The van der Waals surface area contributed by atoms with Crippen LogP contribution in [-0.2, 0) is 0 Å². The molecule has 0 aliphatic rings. The molecule has 23 heavy (non-hydrogen) atoms. The van der Waals surface area contributed by atoms with Crippen molar-refractivity contribution in [3.8, 4) is 11.5 Å². The second-order valence-electron chi connectivity index (χ2n) is 5.71. The zero-order chi connectivity index (χ0) is 15.2. The number of fused-ring (bicyclic) bond motifs is 4. The van der Waals surface area contributed by atoms with Gasteiger partial charge in [-0.3, -0.25) is 0 Å². The van der Waals surface area contributed by atoms with Gasteiger partial charge < -0.3 is 4.42 Å². The molecule has 1 aromatic heterocycles. The van der Waals surface area contributed by atoms with Gasteiger partial charge in [-0.15, -0.1) is 0 Å². The Hall–Kier alpha value is -3.13. The van der Waals surface area contributed by atoms with Gasteiger partial charge in [0.25, 0.3) is 0 Å². The van der Waals surface area contributed by atoms with Gasteiger partial charge in [-0.1, -0.05) is 54.6 Å². The Labute approximate surface area is 133 Å². The minimum atomic E-state index is 0.668. The van der Waals surface area contributed by atoms with Crippen molar-refractivity contribution in [2.75, 3.05) is 0 Å². The van der Waals surface area contributed by atoms with Crippen LogP contribution < -0.4 is 0 Å². The lowest BCUT2D eigenvalue weighted by molar-refractivity contribution is 0.620. The molecule has 0 spiro atoms. The average molecular weight is 295 g/mol. The molecule has 0 fully saturated rings. The zero-order valence-electron chi connectivity index (χ0n) is 12.4. The van der Waals surface area contributed by atoms with Crippen LogP contribution in [0.4, 0.5) is 0 Å². The molecule has 0 unspecified atom stereocenters. The predicted octanol–water partition coefficient (Wildman–Crippen LogP) is 5.80. The lowest BCUT2D eigenvalue weighted by Gasteiger charge is -2.05. The minimum Gasteiger partial charge on any atom is -0.436 e. The van der Waals surface area contributed by atoms with E-state index < -0.39 is 0 Å². The van der Waals surface area contributed by atoms with Gasteiger partial charge in [-0.25, -0.2) is 4.98 Å². The third kappa shape index (κ3) is 1.92. The Bertz CT molecular complexity index is 1140. The Morgan fingerprint density at radius 2 is 1.43 bits per heavy atom. The van der Waals surface area contributed by atoms with E-state index in [0.29, 0.717) is 5.89 Å². The third-order valence-corrected chi connectivity index (χ3v) is 4.29. The Morgan fingerprint density at radius 1 is 0.652 bits per heavy atom. The van der Waals surface area contributed by atoms with Gasteiger partial charge in [0.05, 0.1) is 0 Å². The quantitative estimate of drug-likeness (QED) is 0.365. The summed E-state index contributed by atoms with van der Waals surface area (Å²) in [6.45, 7) is 0. The van der Waals surface area contributed by atoms with Gasteiger partial charge >= 0.3 is 0 Å². The maximum Gasteiger partial charge on any atom is 0.227 e. The molecule has 0 radical (unpaired) electrons. The molecule has 0 atom stereocenters. The first kappa shape index (κ1) is 12.4. The van der Waals surface area contributed by atoms with Gasteiger partial charge in [0.1, 0.15) is 5.52 Å². The van der Waals surface area contributed by atoms with Gasteiger partial charge in [0, 0.05) is 5.56 Å². The van der Waals surface area contributed by atoms with Crippen molar-refractivity contribution in [1.29, 1.82) is 0 Å². The van der Waals surface area contributed by atoms with Crippen molar-refractivity contribution in [2.45, 2.75) is 0 Å². The molecule has 0 aliphatic carbocycles. The molecule has 4 aromatic carbocycles. The lowest BCUT2D eigenvalue weighted by atomic mass is 10.0. The standard InChI is InChI=1S/C21H13NO/c1-2-6-17-14(5-1)9-10-15-13-16(11-12-18(15)17)21-22-19-7-3-4-8-20(19)23-21/h1-13H. The molecule has 5 rings (SSSR count). The number of hydrogen-bond acceptors (Lipinski definition) is 2. The van der Waals surface area contributed by atoms with E-state index in [1.807, 2.05) is 24.3 Å². The summed E-state index contributed by atoms with van der Waals surface area (Å²) >= 11 is 0. The van der Waals surface area contributed by atoms with Crippen LogP contribution in [0.1, 0.15) is 0 Å². The first-order valence-corrected chi connectivity index (χ1v) is 7.66. The van der Waals surface area contributed by atoms with Crippen molar-refractivity contribution in [1.82, 2.24) is 4.98 Å². The number of hydrogen-bond donors (Lipinski definition) is 0. The lowest BCUT2D eigenvalue weighted by Crippen LogP contribution is -1.81. The summed E-state index contributed by atoms with van der Waals surface area (Å²) in [5, 5.41) is 4.98. The Balaban J connectivity index is 1.75. The molecular weight excluding hydrogens is 282 g/mol. The molecule has 0 saturated heterocycles. The summed E-state index contributed by atoms with van der Waals surface area (Å²) in [5.41, 5.74) is 2.71. The monoisotopic (exact) mass is 295 g/mol. The average Bonchev–Trinajstić information content (AvgIpc) is 3.05. The third-order valence-electron chi connectivity index (χ3n) is 4.29. The van der Waals surface area contributed by atoms with Crippen LogP contribution in [0, 0.1) is 0 Å². The van der Waals surface area contributed by atoms with Crippen molar-refractivity contribution in [3.05, 3.63) is 78.9 Å². The first-order chi connectivity index (χ1) is 11.4. The maximum absolute atomic E-state index is 5.88. The van der Waals surface area contributed by atoms with Gasteiger partial charge in [0.2, 0.25) is 5.89 Å². The summed E-state index contributed by atoms with van der Waals surface area (Å²) in [6.07, 6.45) is 0. The summed E-state index contributed by atoms with van der Waals surface area (Å²) < 4.78 is 5.88. The second-order valence-corrected chi connectivity index (χ2v) is 5.71. The molecule has 0 amide bonds. The van der Waals surface area contributed by atoms with Crippen LogP contribution in [0.3, 0.4) is 0 Å². The Kier molecular flexibility index (Phi) is 2.53. The molecule has 108 valence electrons. The summed E-state index contributed by atoms with van der Waals surface area (Å²) in [5.74, 6) is 0.668. The van der Waals surface area contributed by atoms with Crippen molar-refractivity contribution >= 4 is 32.6 Å². The minimum absolute atomic E-state index is 0.668. The molecule has 2 heteroatoms. The van der Waals surface area contributed by atoms with Crippen LogP contribution in [0.5, 0.6) is 0 Å². The molecule has 1 heterocycles. The van der Waals surface area contributed by atoms with E-state index in [1.165, 1.54) is 21.5 Å². The van der Waals surface area contributed by atoms with E-state index in [4.69, 9.17) is 4.42 Å². The molecule has 0 aliphatic heterocycles.